The third-order valence-corrected chi connectivity index (χ3v) is 5.74. The Morgan fingerprint density at radius 1 is 0.885 bits per heavy atom. The fourth-order valence-electron chi connectivity index (χ4n) is 4.14. The maximum Gasteiger partial charge on any atom is 0.0515 e. The van der Waals surface area contributed by atoms with Crippen LogP contribution < -0.4 is 10.9 Å². The second-order valence-corrected chi connectivity index (χ2v) is 7.74. The average Bonchev–Trinajstić information content (AvgIpc) is 3.13. The Bertz CT molecular complexity index is 677. The standard InChI is InChI=1S/C22H30N4/c1-18-7-9-20(10-8-18)22-21(15-23-24-22)17-26-13-11-25(12-14-26)16-19-5-3-2-4-6-19/h2-10,21-24H,11-17H2,1H3. The summed E-state index contributed by atoms with van der Waals surface area (Å²) >= 11 is 0. The van der Waals surface area contributed by atoms with E-state index in [0.717, 1.165) is 32.7 Å². The summed E-state index contributed by atoms with van der Waals surface area (Å²) in [5, 5.41) is 0. The van der Waals surface area contributed by atoms with Gasteiger partial charge in [0.1, 0.15) is 0 Å². The molecular weight excluding hydrogens is 320 g/mol. The Kier molecular flexibility index (Phi) is 5.65. The normalized spacial score (nSPS) is 24.8. The van der Waals surface area contributed by atoms with Crippen LogP contribution in [0.4, 0.5) is 0 Å². The molecule has 0 saturated carbocycles. The van der Waals surface area contributed by atoms with Crippen molar-refractivity contribution in [2.45, 2.75) is 19.5 Å². The highest BCUT2D eigenvalue weighted by Crippen LogP contribution is 2.26. The number of hydrogen-bond donors (Lipinski definition) is 2. The summed E-state index contributed by atoms with van der Waals surface area (Å²) in [4.78, 5) is 5.22. The average molecular weight is 351 g/mol. The second kappa shape index (κ2) is 8.31. The fourth-order valence-corrected chi connectivity index (χ4v) is 4.14. The van der Waals surface area contributed by atoms with Gasteiger partial charge in [0.05, 0.1) is 6.04 Å². The zero-order valence-corrected chi connectivity index (χ0v) is 15.7. The Balaban J connectivity index is 1.29. The van der Waals surface area contributed by atoms with Gasteiger partial charge in [-0.15, -0.1) is 0 Å². The van der Waals surface area contributed by atoms with Gasteiger partial charge in [0.2, 0.25) is 0 Å². The molecule has 2 unspecified atom stereocenters. The van der Waals surface area contributed by atoms with Crippen molar-refractivity contribution in [3.63, 3.8) is 0 Å². The molecule has 4 heteroatoms. The minimum absolute atomic E-state index is 0.415. The van der Waals surface area contributed by atoms with E-state index in [0.29, 0.717) is 12.0 Å². The lowest BCUT2D eigenvalue weighted by molar-refractivity contribution is 0.112. The summed E-state index contributed by atoms with van der Waals surface area (Å²) < 4.78 is 0. The van der Waals surface area contributed by atoms with E-state index in [4.69, 9.17) is 0 Å². The van der Waals surface area contributed by atoms with E-state index in [1.54, 1.807) is 0 Å². The zero-order chi connectivity index (χ0) is 17.8. The summed E-state index contributed by atoms with van der Waals surface area (Å²) in [6.07, 6.45) is 0. The van der Waals surface area contributed by atoms with Crippen LogP contribution in [-0.4, -0.2) is 49.1 Å². The van der Waals surface area contributed by atoms with Crippen molar-refractivity contribution < 1.29 is 0 Å². The van der Waals surface area contributed by atoms with Gasteiger partial charge in [-0.1, -0.05) is 60.2 Å². The van der Waals surface area contributed by atoms with Crippen molar-refractivity contribution in [3.8, 4) is 0 Å². The van der Waals surface area contributed by atoms with E-state index in [9.17, 15) is 0 Å². The smallest absolute Gasteiger partial charge is 0.0515 e. The van der Waals surface area contributed by atoms with Gasteiger partial charge < -0.3 is 4.90 Å². The molecule has 138 valence electrons. The van der Waals surface area contributed by atoms with Crippen molar-refractivity contribution in [2.24, 2.45) is 5.92 Å². The Hall–Kier alpha value is -1.72. The summed E-state index contributed by atoms with van der Waals surface area (Å²) in [6.45, 7) is 10.1. The van der Waals surface area contributed by atoms with E-state index in [1.807, 2.05) is 0 Å². The maximum atomic E-state index is 3.49. The van der Waals surface area contributed by atoms with Crippen LogP contribution in [0.3, 0.4) is 0 Å². The predicted octanol–water partition coefficient (Wildman–Crippen LogP) is 2.58. The highest BCUT2D eigenvalue weighted by Gasteiger charge is 2.30. The van der Waals surface area contributed by atoms with Crippen LogP contribution in [-0.2, 0) is 6.54 Å². The minimum atomic E-state index is 0.415. The number of aryl methyl sites for hydroxylation is 1. The third-order valence-electron chi connectivity index (χ3n) is 5.74. The van der Waals surface area contributed by atoms with Crippen LogP contribution >= 0.6 is 0 Å². The molecule has 26 heavy (non-hydrogen) atoms. The highest BCUT2D eigenvalue weighted by molar-refractivity contribution is 5.25. The molecule has 2 atom stereocenters. The quantitative estimate of drug-likeness (QED) is 0.868. The van der Waals surface area contributed by atoms with Crippen molar-refractivity contribution in [1.82, 2.24) is 20.7 Å². The molecular formula is C22H30N4. The zero-order valence-electron chi connectivity index (χ0n) is 15.7. The molecule has 0 radical (unpaired) electrons. The lowest BCUT2D eigenvalue weighted by atomic mass is 9.93. The first-order valence-electron chi connectivity index (χ1n) is 9.81. The minimum Gasteiger partial charge on any atom is -0.300 e. The van der Waals surface area contributed by atoms with Crippen LogP contribution in [0.15, 0.2) is 54.6 Å². The fraction of sp³-hybridized carbons (Fsp3) is 0.455. The van der Waals surface area contributed by atoms with Crippen LogP contribution in [0.5, 0.6) is 0 Å². The summed E-state index contributed by atoms with van der Waals surface area (Å²) in [6, 6.07) is 20.2. The monoisotopic (exact) mass is 350 g/mol. The van der Waals surface area contributed by atoms with Crippen molar-refractivity contribution in [1.29, 1.82) is 0 Å². The Morgan fingerprint density at radius 2 is 1.58 bits per heavy atom. The van der Waals surface area contributed by atoms with Gasteiger partial charge in [0.15, 0.2) is 0 Å². The molecule has 2 heterocycles. The molecule has 2 aliphatic heterocycles. The van der Waals surface area contributed by atoms with Crippen LogP contribution in [0, 0.1) is 12.8 Å². The SMILES string of the molecule is Cc1ccc(C2NNCC2CN2CCN(Cc3ccccc3)CC2)cc1. The molecule has 4 nitrogen and oxygen atoms in total. The van der Waals surface area contributed by atoms with E-state index in [1.165, 1.54) is 29.8 Å². The molecule has 2 aliphatic rings. The molecule has 0 bridgehead atoms. The number of nitrogens with zero attached hydrogens (tertiary/aromatic N) is 2. The molecule has 0 amide bonds. The van der Waals surface area contributed by atoms with E-state index < -0.39 is 0 Å². The lowest BCUT2D eigenvalue weighted by Crippen LogP contribution is -2.48. The van der Waals surface area contributed by atoms with Gasteiger partial charge in [-0.2, -0.15) is 0 Å². The molecule has 0 aromatic heterocycles. The van der Waals surface area contributed by atoms with Crippen LogP contribution in [0.1, 0.15) is 22.7 Å². The van der Waals surface area contributed by atoms with Gasteiger partial charge in [-0.3, -0.25) is 10.3 Å². The first-order valence-corrected chi connectivity index (χ1v) is 9.81. The molecule has 2 saturated heterocycles. The van der Waals surface area contributed by atoms with Crippen molar-refractivity contribution in [3.05, 3.63) is 71.3 Å². The number of nitrogens with one attached hydrogen (secondary N) is 2. The number of hydrazine groups is 1. The topological polar surface area (TPSA) is 30.5 Å². The first kappa shape index (κ1) is 17.7. The molecule has 2 aromatic carbocycles. The van der Waals surface area contributed by atoms with Crippen LogP contribution in [0.25, 0.3) is 0 Å². The van der Waals surface area contributed by atoms with Gasteiger partial charge >= 0.3 is 0 Å². The number of benzene rings is 2. The molecule has 0 aliphatic carbocycles. The maximum absolute atomic E-state index is 3.49. The Morgan fingerprint density at radius 3 is 2.31 bits per heavy atom. The van der Waals surface area contributed by atoms with Gasteiger partial charge in [0, 0.05) is 51.7 Å². The number of piperazine rings is 1. The summed E-state index contributed by atoms with van der Waals surface area (Å²) in [7, 11) is 0. The summed E-state index contributed by atoms with van der Waals surface area (Å²) in [5.41, 5.74) is 11.0. The number of rotatable bonds is 5. The van der Waals surface area contributed by atoms with Crippen LogP contribution in [0.2, 0.25) is 0 Å². The van der Waals surface area contributed by atoms with Gasteiger partial charge in [0.25, 0.3) is 0 Å². The molecule has 2 aromatic rings. The number of hydrogen-bond acceptors (Lipinski definition) is 4. The highest BCUT2D eigenvalue weighted by atomic mass is 15.4. The molecule has 2 N–H and O–H groups in total. The van der Waals surface area contributed by atoms with Gasteiger partial charge in [-0.25, -0.2) is 5.43 Å². The van der Waals surface area contributed by atoms with Crippen molar-refractivity contribution in [2.75, 3.05) is 39.3 Å². The third kappa shape index (κ3) is 4.33. The molecule has 4 rings (SSSR count). The molecule has 2 fully saturated rings. The largest absolute Gasteiger partial charge is 0.300 e. The second-order valence-electron chi connectivity index (χ2n) is 7.74. The van der Waals surface area contributed by atoms with E-state index in [2.05, 4.69) is 82.2 Å². The summed E-state index contributed by atoms with van der Waals surface area (Å²) in [5.74, 6) is 0.623. The molecule has 0 spiro atoms. The first-order chi connectivity index (χ1) is 12.8. The predicted molar refractivity (Wildman–Crippen MR) is 107 cm³/mol. The van der Waals surface area contributed by atoms with Crippen molar-refractivity contribution >= 4 is 0 Å². The Labute approximate surface area is 157 Å². The lowest BCUT2D eigenvalue weighted by Gasteiger charge is -2.36. The van der Waals surface area contributed by atoms with E-state index in [-0.39, 0.29) is 0 Å². The van der Waals surface area contributed by atoms with E-state index >= 15 is 0 Å². The van der Waals surface area contributed by atoms with Gasteiger partial charge in [-0.05, 0) is 18.1 Å².